The Morgan fingerprint density at radius 1 is 0.917 bits per heavy atom. The molecule has 0 radical (unpaired) electrons. The Labute approximate surface area is 141 Å². The van der Waals surface area contributed by atoms with E-state index in [9.17, 15) is 9.59 Å². The van der Waals surface area contributed by atoms with Gasteiger partial charge in [-0.2, -0.15) is 0 Å². The van der Waals surface area contributed by atoms with E-state index >= 15 is 0 Å². The second kappa shape index (κ2) is 7.25. The first-order valence-corrected chi connectivity index (χ1v) is 8.21. The van der Waals surface area contributed by atoms with Crippen LogP contribution in [0.1, 0.15) is 32.7 Å². The van der Waals surface area contributed by atoms with Crippen molar-refractivity contribution in [2.75, 3.05) is 26.2 Å². The van der Waals surface area contributed by atoms with Crippen LogP contribution in [0.4, 0.5) is 0 Å². The van der Waals surface area contributed by atoms with E-state index in [2.05, 4.69) is 4.98 Å². The fourth-order valence-electron chi connectivity index (χ4n) is 2.98. The van der Waals surface area contributed by atoms with Crippen LogP contribution in [0.5, 0.6) is 0 Å². The molecule has 0 atom stereocenters. The Morgan fingerprint density at radius 2 is 1.62 bits per heavy atom. The molecule has 1 aliphatic rings. The first-order chi connectivity index (χ1) is 11.7. The van der Waals surface area contributed by atoms with Crippen LogP contribution in [0.2, 0.25) is 0 Å². The first kappa shape index (κ1) is 16.2. The summed E-state index contributed by atoms with van der Waals surface area (Å²) in [5, 5.41) is 0. The fourth-order valence-corrected chi connectivity index (χ4v) is 2.98. The predicted molar refractivity (Wildman–Crippen MR) is 91.8 cm³/mol. The van der Waals surface area contributed by atoms with Crippen molar-refractivity contribution in [3.8, 4) is 0 Å². The Hall–Kier alpha value is -2.69. The van der Waals surface area contributed by atoms with E-state index < -0.39 is 0 Å². The second-order valence-electron chi connectivity index (χ2n) is 5.99. The topological polar surface area (TPSA) is 53.5 Å². The summed E-state index contributed by atoms with van der Waals surface area (Å²) < 4.78 is 0. The predicted octanol–water partition coefficient (Wildman–Crippen LogP) is 2.38. The molecule has 24 heavy (non-hydrogen) atoms. The normalized spacial score (nSPS) is 15.0. The van der Waals surface area contributed by atoms with Crippen molar-refractivity contribution in [1.82, 2.24) is 14.8 Å². The van der Waals surface area contributed by atoms with Gasteiger partial charge in [0, 0.05) is 44.1 Å². The van der Waals surface area contributed by atoms with E-state index in [1.165, 1.54) is 0 Å². The molecule has 1 saturated heterocycles. The Morgan fingerprint density at radius 3 is 2.29 bits per heavy atom. The maximum Gasteiger partial charge on any atom is 0.255 e. The minimum atomic E-state index is -0.0201. The van der Waals surface area contributed by atoms with Crippen molar-refractivity contribution in [3.05, 3.63) is 65.5 Å². The largest absolute Gasteiger partial charge is 0.337 e. The summed E-state index contributed by atoms with van der Waals surface area (Å²) in [6.07, 6.45) is 4.02. The molecule has 0 N–H and O–H groups in total. The number of amides is 2. The van der Waals surface area contributed by atoms with Crippen molar-refractivity contribution in [3.63, 3.8) is 0 Å². The highest BCUT2D eigenvalue weighted by molar-refractivity contribution is 5.96. The molecule has 0 saturated carbocycles. The molecule has 2 aromatic rings. The Bertz CT molecular complexity index is 730. The molecule has 5 heteroatoms. The summed E-state index contributed by atoms with van der Waals surface area (Å²) >= 11 is 0. The lowest BCUT2D eigenvalue weighted by molar-refractivity contribution is 0.0718. The maximum atomic E-state index is 12.7. The molecule has 5 nitrogen and oxygen atoms in total. The molecule has 0 aliphatic carbocycles. The number of pyridine rings is 1. The second-order valence-corrected chi connectivity index (χ2v) is 5.99. The number of nitrogens with zero attached hydrogens (tertiary/aromatic N) is 3. The number of carbonyl (C=O) groups excluding carboxylic acids is 2. The molecular formula is C19H21N3O2. The molecular weight excluding hydrogens is 302 g/mol. The van der Waals surface area contributed by atoms with Crippen LogP contribution in [-0.2, 0) is 0 Å². The average molecular weight is 323 g/mol. The highest BCUT2D eigenvalue weighted by Crippen LogP contribution is 2.14. The van der Waals surface area contributed by atoms with Gasteiger partial charge in [-0.25, -0.2) is 0 Å². The summed E-state index contributed by atoms with van der Waals surface area (Å²) in [4.78, 5) is 32.9. The maximum absolute atomic E-state index is 12.7. The van der Waals surface area contributed by atoms with Gasteiger partial charge in [0.05, 0.1) is 5.56 Å². The lowest BCUT2D eigenvalue weighted by Crippen LogP contribution is -2.37. The number of benzene rings is 1. The van der Waals surface area contributed by atoms with E-state index in [4.69, 9.17) is 0 Å². The molecule has 0 bridgehead atoms. The summed E-state index contributed by atoms with van der Waals surface area (Å²) in [5.41, 5.74) is 2.32. The van der Waals surface area contributed by atoms with Gasteiger partial charge in [0.25, 0.3) is 11.8 Å². The lowest BCUT2D eigenvalue weighted by Gasteiger charge is -2.22. The van der Waals surface area contributed by atoms with Gasteiger partial charge in [-0.3, -0.25) is 14.6 Å². The standard InChI is InChI=1S/C19H21N3O2/c1-15-6-2-3-8-17(15)19(24)22-11-5-10-21(12-13-22)18(23)16-7-4-9-20-14-16/h2-4,6-9,14H,5,10-13H2,1H3. The van der Waals surface area contributed by atoms with Crippen molar-refractivity contribution in [1.29, 1.82) is 0 Å². The minimum Gasteiger partial charge on any atom is -0.337 e. The molecule has 0 unspecified atom stereocenters. The zero-order valence-electron chi connectivity index (χ0n) is 13.8. The van der Waals surface area contributed by atoms with E-state index in [1.54, 1.807) is 24.5 Å². The SMILES string of the molecule is Cc1ccccc1C(=O)N1CCCN(C(=O)c2cccnc2)CC1. The van der Waals surface area contributed by atoms with Gasteiger partial charge >= 0.3 is 0 Å². The lowest BCUT2D eigenvalue weighted by atomic mass is 10.1. The van der Waals surface area contributed by atoms with E-state index in [-0.39, 0.29) is 11.8 Å². The number of aryl methyl sites for hydroxylation is 1. The third-order valence-electron chi connectivity index (χ3n) is 4.35. The van der Waals surface area contributed by atoms with E-state index in [0.717, 1.165) is 17.5 Å². The van der Waals surface area contributed by atoms with Crippen molar-refractivity contribution < 1.29 is 9.59 Å². The van der Waals surface area contributed by atoms with Gasteiger partial charge in [-0.15, -0.1) is 0 Å². The van der Waals surface area contributed by atoms with Gasteiger partial charge in [0.2, 0.25) is 0 Å². The number of rotatable bonds is 2. The summed E-state index contributed by atoms with van der Waals surface area (Å²) in [6.45, 7) is 4.38. The van der Waals surface area contributed by atoms with Crippen molar-refractivity contribution in [2.45, 2.75) is 13.3 Å². The van der Waals surface area contributed by atoms with Gasteiger partial charge in [-0.05, 0) is 37.1 Å². The van der Waals surface area contributed by atoms with Gasteiger partial charge in [0.1, 0.15) is 0 Å². The molecule has 2 heterocycles. The number of carbonyl (C=O) groups is 2. The van der Waals surface area contributed by atoms with Crippen LogP contribution in [-0.4, -0.2) is 52.8 Å². The van der Waals surface area contributed by atoms with Gasteiger partial charge in [-0.1, -0.05) is 18.2 Å². The molecule has 1 aromatic carbocycles. The van der Waals surface area contributed by atoms with Gasteiger partial charge in [0.15, 0.2) is 0 Å². The number of hydrogen-bond acceptors (Lipinski definition) is 3. The fraction of sp³-hybridized carbons (Fsp3) is 0.316. The molecule has 1 aliphatic heterocycles. The Balaban J connectivity index is 1.68. The third-order valence-corrected chi connectivity index (χ3v) is 4.35. The van der Waals surface area contributed by atoms with E-state index in [1.807, 2.05) is 41.0 Å². The zero-order valence-corrected chi connectivity index (χ0v) is 13.8. The summed E-state index contributed by atoms with van der Waals surface area (Å²) in [7, 11) is 0. The molecule has 2 amide bonds. The van der Waals surface area contributed by atoms with E-state index in [0.29, 0.717) is 31.7 Å². The summed E-state index contributed by atoms with van der Waals surface area (Å²) in [6, 6.07) is 11.2. The van der Waals surface area contributed by atoms with Crippen LogP contribution in [0.3, 0.4) is 0 Å². The average Bonchev–Trinajstić information content (AvgIpc) is 2.88. The Kier molecular flexibility index (Phi) is 4.89. The third kappa shape index (κ3) is 3.45. The van der Waals surface area contributed by atoms with Crippen molar-refractivity contribution >= 4 is 11.8 Å². The minimum absolute atomic E-state index is 0.0201. The van der Waals surface area contributed by atoms with Crippen molar-refractivity contribution in [2.24, 2.45) is 0 Å². The first-order valence-electron chi connectivity index (χ1n) is 8.21. The van der Waals surface area contributed by atoms with Crippen LogP contribution in [0, 0.1) is 6.92 Å². The van der Waals surface area contributed by atoms with Crippen LogP contribution in [0.15, 0.2) is 48.8 Å². The van der Waals surface area contributed by atoms with Crippen LogP contribution >= 0.6 is 0 Å². The number of hydrogen-bond donors (Lipinski definition) is 0. The molecule has 3 rings (SSSR count). The molecule has 124 valence electrons. The zero-order chi connectivity index (χ0) is 16.9. The quantitative estimate of drug-likeness (QED) is 0.852. The van der Waals surface area contributed by atoms with Crippen LogP contribution in [0.25, 0.3) is 0 Å². The number of aromatic nitrogens is 1. The molecule has 1 aromatic heterocycles. The monoisotopic (exact) mass is 323 g/mol. The molecule has 0 spiro atoms. The smallest absolute Gasteiger partial charge is 0.255 e. The van der Waals surface area contributed by atoms with Gasteiger partial charge < -0.3 is 9.80 Å². The van der Waals surface area contributed by atoms with Crippen LogP contribution < -0.4 is 0 Å². The highest BCUT2D eigenvalue weighted by Gasteiger charge is 2.24. The molecule has 1 fully saturated rings. The summed E-state index contributed by atoms with van der Waals surface area (Å²) in [5.74, 6) is 0.0251. The highest BCUT2D eigenvalue weighted by atomic mass is 16.2.